The lowest BCUT2D eigenvalue weighted by molar-refractivity contribution is 0.0775. The molecule has 2 aliphatic rings. The summed E-state index contributed by atoms with van der Waals surface area (Å²) >= 11 is 0. The van der Waals surface area contributed by atoms with Gasteiger partial charge in [0.2, 0.25) is 0 Å². The van der Waals surface area contributed by atoms with Crippen LogP contribution in [-0.4, -0.2) is 37.0 Å². The largest absolute Gasteiger partial charge is 0.496 e. The number of rotatable bonds is 2. The highest BCUT2D eigenvalue weighted by Gasteiger charge is 2.42. The fraction of sp³-hybridized carbons (Fsp3) is 0.533. The summed E-state index contributed by atoms with van der Waals surface area (Å²) in [4.78, 5) is 14.3. The number of nitrogens with zero attached hydrogens (tertiary/aromatic N) is 1. The summed E-state index contributed by atoms with van der Waals surface area (Å²) in [5.74, 6) is 0.706. The third-order valence-corrected chi connectivity index (χ3v) is 4.59. The Balaban J connectivity index is 0.00000161. The highest BCUT2D eigenvalue weighted by Crippen LogP contribution is 2.38. The van der Waals surface area contributed by atoms with Crippen LogP contribution in [0.15, 0.2) is 18.2 Å². The van der Waals surface area contributed by atoms with Crippen molar-refractivity contribution in [2.45, 2.75) is 18.9 Å². The fourth-order valence-electron chi connectivity index (χ4n) is 3.49. The van der Waals surface area contributed by atoms with E-state index in [1.165, 1.54) is 25.3 Å². The van der Waals surface area contributed by atoms with Crippen molar-refractivity contribution in [3.05, 3.63) is 29.6 Å². The summed E-state index contributed by atoms with van der Waals surface area (Å²) in [5, 5.41) is 0. The van der Waals surface area contributed by atoms with Crippen LogP contribution in [0.4, 0.5) is 4.39 Å². The van der Waals surface area contributed by atoms with Crippen LogP contribution in [0.2, 0.25) is 0 Å². The summed E-state index contributed by atoms with van der Waals surface area (Å²) < 4.78 is 18.5. The number of halogens is 2. The molecule has 1 aromatic rings. The maximum absolute atomic E-state index is 13.4. The van der Waals surface area contributed by atoms with Crippen molar-refractivity contribution in [2.24, 2.45) is 17.6 Å². The van der Waals surface area contributed by atoms with E-state index in [-0.39, 0.29) is 24.4 Å². The molecule has 116 valence electrons. The highest BCUT2D eigenvalue weighted by molar-refractivity contribution is 5.97. The van der Waals surface area contributed by atoms with Gasteiger partial charge in [0.1, 0.15) is 11.6 Å². The van der Waals surface area contributed by atoms with Gasteiger partial charge < -0.3 is 15.4 Å². The van der Waals surface area contributed by atoms with Gasteiger partial charge >= 0.3 is 0 Å². The van der Waals surface area contributed by atoms with Crippen LogP contribution in [0.1, 0.15) is 23.2 Å². The van der Waals surface area contributed by atoms with E-state index in [0.717, 1.165) is 19.4 Å². The third kappa shape index (κ3) is 2.85. The second-order valence-corrected chi connectivity index (χ2v) is 5.72. The smallest absolute Gasteiger partial charge is 0.257 e. The van der Waals surface area contributed by atoms with Crippen molar-refractivity contribution < 1.29 is 13.9 Å². The van der Waals surface area contributed by atoms with Crippen LogP contribution < -0.4 is 10.5 Å². The minimum absolute atomic E-state index is 0. The molecule has 2 N–H and O–H groups in total. The molecule has 21 heavy (non-hydrogen) atoms. The quantitative estimate of drug-likeness (QED) is 0.909. The molecule has 0 aromatic heterocycles. The third-order valence-electron chi connectivity index (χ3n) is 4.59. The van der Waals surface area contributed by atoms with Crippen molar-refractivity contribution in [3.63, 3.8) is 0 Å². The first-order valence-electron chi connectivity index (χ1n) is 6.98. The molecule has 1 amide bonds. The molecule has 3 rings (SSSR count). The summed E-state index contributed by atoms with van der Waals surface area (Å²) in [7, 11) is 1.48. The average Bonchev–Trinajstić information content (AvgIpc) is 3.00. The Morgan fingerprint density at radius 2 is 2.14 bits per heavy atom. The second kappa shape index (κ2) is 6.20. The number of carbonyl (C=O) groups is 1. The second-order valence-electron chi connectivity index (χ2n) is 5.72. The van der Waals surface area contributed by atoms with E-state index in [1.807, 2.05) is 0 Å². The number of methoxy groups -OCH3 is 1. The number of hydrogen-bond acceptors (Lipinski definition) is 3. The van der Waals surface area contributed by atoms with Crippen LogP contribution in [0, 0.1) is 17.7 Å². The Hall–Kier alpha value is -1.33. The number of carbonyl (C=O) groups excluding carboxylic acids is 1. The van der Waals surface area contributed by atoms with Gasteiger partial charge in [0.05, 0.1) is 12.7 Å². The summed E-state index contributed by atoms with van der Waals surface area (Å²) in [6, 6.07) is 4.22. The fourth-order valence-corrected chi connectivity index (χ4v) is 3.49. The number of amides is 1. The summed E-state index contributed by atoms with van der Waals surface area (Å²) in [6.07, 6.45) is 2.12. The first-order valence-corrected chi connectivity index (χ1v) is 6.98. The molecule has 2 fully saturated rings. The lowest BCUT2D eigenvalue weighted by atomic mass is 9.98. The van der Waals surface area contributed by atoms with Crippen molar-refractivity contribution in [1.82, 2.24) is 4.90 Å². The Labute approximate surface area is 129 Å². The number of likely N-dealkylation sites (tertiary alicyclic amines) is 1. The van der Waals surface area contributed by atoms with Gasteiger partial charge in [-0.1, -0.05) is 0 Å². The topological polar surface area (TPSA) is 55.6 Å². The van der Waals surface area contributed by atoms with Crippen molar-refractivity contribution in [3.8, 4) is 5.75 Å². The predicted octanol–water partition coefficient (Wildman–Crippen LogP) is 2.07. The van der Waals surface area contributed by atoms with E-state index in [2.05, 4.69) is 0 Å². The van der Waals surface area contributed by atoms with E-state index in [4.69, 9.17) is 10.5 Å². The van der Waals surface area contributed by atoms with E-state index < -0.39 is 5.82 Å². The maximum Gasteiger partial charge on any atom is 0.257 e. The molecule has 3 unspecified atom stereocenters. The average molecular weight is 315 g/mol. The van der Waals surface area contributed by atoms with Crippen LogP contribution in [0.3, 0.4) is 0 Å². The lowest BCUT2D eigenvalue weighted by Crippen LogP contribution is -2.33. The molecule has 4 nitrogen and oxygen atoms in total. The Morgan fingerprint density at radius 1 is 1.38 bits per heavy atom. The first-order chi connectivity index (χ1) is 9.60. The van der Waals surface area contributed by atoms with Gasteiger partial charge in [-0.05, 0) is 42.9 Å². The lowest BCUT2D eigenvalue weighted by Gasteiger charge is -2.20. The SMILES string of the molecule is COc1ccc(F)cc1C(=O)N1CC2CCC(N)C2C1.Cl. The standard InChI is InChI=1S/C15H19FN2O2.ClH/c1-20-14-5-3-10(16)6-11(14)15(19)18-7-9-2-4-13(17)12(9)8-18;/h3,5-6,9,12-13H,2,4,7-8,17H2,1H3;1H. The number of hydrogen-bond donors (Lipinski definition) is 1. The maximum atomic E-state index is 13.4. The van der Waals surface area contributed by atoms with Gasteiger partial charge in [-0.15, -0.1) is 12.4 Å². The molecule has 1 saturated heterocycles. The normalized spacial score (nSPS) is 27.2. The van der Waals surface area contributed by atoms with Gasteiger partial charge in [-0.25, -0.2) is 4.39 Å². The van der Waals surface area contributed by atoms with E-state index >= 15 is 0 Å². The molecule has 6 heteroatoms. The van der Waals surface area contributed by atoms with E-state index in [0.29, 0.717) is 29.7 Å². The molecule has 3 atom stereocenters. The monoisotopic (exact) mass is 314 g/mol. The number of fused-ring (bicyclic) bond motifs is 1. The van der Waals surface area contributed by atoms with Gasteiger partial charge in [0.15, 0.2) is 0 Å². The number of ether oxygens (including phenoxy) is 1. The van der Waals surface area contributed by atoms with E-state index in [1.54, 1.807) is 4.90 Å². The first kappa shape index (κ1) is 16.0. The number of nitrogens with two attached hydrogens (primary N) is 1. The van der Waals surface area contributed by atoms with Crippen molar-refractivity contribution in [1.29, 1.82) is 0 Å². The van der Waals surface area contributed by atoms with Gasteiger partial charge in [-0.3, -0.25) is 4.79 Å². The zero-order valence-corrected chi connectivity index (χ0v) is 12.7. The molecule has 0 spiro atoms. The molecule has 0 radical (unpaired) electrons. The van der Waals surface area contributed by atoms with Crippen LogP contribution in [0.25, 0.3) is 0 Å². The van der Waals surface area contributed by atoms with Gasteiger partial charge in [0.25, 0.3) is 5.91 Å². The number of benzene rings is 1. The minimum atomic E-state index is -0.426. The van der Waals surface area contributed by atoms with Crippen LogP contribution in [-0.2, 0) is 0 Å². The summed E-state index contributed by atoms with van der Waals surface area (Å²) in [5.41, 5.74) is 6.37. The Kier molecular flexibility index (Phi) is 4.74. The minimum Gasteiger partial charge on any atom is -0.496 e. The Morgan fingerprint density at radius 3 is 2.81 bits per heavy atom. The summed E-state index contributed by atoms with van der Waals surface area (Å²) in [6.45, 7) is 1.39. The molecule has 0 bridgehead atoms. The zero-order valence-electron chi connectivity index (χ0n) is 11.9. The van der Waals surface area contributed by atoms with Crippen LogP contribution in [0.5, 0.6) is 5.75 Å². The molecule has 1 aromatic carbocycles. The molecular formula is C15H20ClFN2O2. The zero-order chi connectivity index (χ0) is 14.3. The Bertz CT molecular complexity index is 540. The molecular weight excluding hydrogens is 295 g/mol. The molecule has 1 saturated carbocycles. The van der Waals surface area contributed by atoms with Crippen molar-refractivity contribution in [2.75, 3.05) is 20.2 Å². The molecule has 1 aliphatic heterocycles. The van der Waals surface area contributed by atoms with E-state index in [9.17, 15) is 9.18 Å². The highest BCUT2D eigenvalue weighted by atomic mass is 35.5. The van der Waals surface area contributed by atoms with Gasteiger partial charge in [0, 0.05) is 19.1 Å². The van der Waals surface area contributed by atoms with Crippen LogP contribution >= 0.6 is 12.4 Å². The molecule has 1 heterocycles. The van der Waals surface area contributed by atoms with Crippen molar-refractivity contribution >= 4 is 18.3 Å². The predicted molar refractivity (Wildman–Crippen MR) is 80.3 cm³/mol. The van der Waals surface area contributed by atoms with Gasteiger partial charge in [-0.2, -0.15) is 0 Å². The molecule has 1 aliphatic carbocycles.